The number of carbonyl (C=O) groups is 1. The molecule has 0 saturated carbocycles. The number of benzene rings is 2. The number of aliphatic hydroxyl groups is 1. The number of aryl methyl sites for hydroxylation is 3. The average molecular weight is 625 g/mol. The first kappa shape index (κ1) is 28.1. The molecule has 0 atom stereocenters. The van der Waals surface area contributed by atoms with E-state index < -0.39 is 0 Å². The third kappa shape index (κ3) is 7.85. The monoisotopic (exact) mass is 625 g/mol. The maximum Gasteiger partial charge on any atom is 0.155 e. The van der Waals surface area contributed by atoms with Crippen LogP contribution in [0.15, 0.2) is 54.4 Å². The molecule has 177 valence electrons. The molecule has 1 heterocycles. The van der Waals surface area contributed by atoms with E-state index >= 15 is 0 Å². The van der Waals surface area contributed by atoms with E-state index in [0.29, 0.717) is 0 Å². The Morgan fingerprint density at radius 2 is 1.67 bits per heavy atom. The predicted octanol–water partition coefficient (Wildman–Crippen LogP) is 6.19. The largest absolute Gasteiger partial charge is 0.540 e. The summed E-state index contributed by atoms with van der Waals surface area (Å²) in [5.74, 6) is 1.44. The van der Waals surface area contributed by atoms with Crippen molar-refractivity contribution >= 4 is 5.78 Å². The number of pyridine rings is 1. The Kier molecular flexibility index (Phi) is 11.0. The minimum atomic E-state index is -0.125. The number of allylic oxidation sites excluding steroid dienone is 2. The number of aliphatic hydroxyl groups excluding tert-OH is 1. The molecule has 6 heteroatoms. The summed E-state index contributed by atoms with van der Waals surface area (Å²) in [4.78, 5) is 14.4. The van der Waals surface area contributed by atoms with E-state index in [2.05, 4.69) is 50.0 Å². The predicted molar refractivity (Wildman–Crippen MR) is 128 cm³/mol. The normalized spacial score (nSPS) is 10.5. The van der Waals surface area contributed by atoms with Gasteiger partial charge in [-0.25, -0.2) is 0 Å². The number of ketones is 1. The van der Waals surface area contributed by atoms with Gasteiger partial charge in [-0.15, -0.1) is 12.1 Å². The molecule has 0 aliphatic carbocycles. The van der Waals surface area contributed by atoms with Gasteiger partial charge in [-0.1, -0.05) is 51.6 Å². The van der Waals surface area contributed by atoms with Gasteiger partial charge in [0.15, 0.2) is 5.78 Å². The fourth-order valence-electron chi connectivity index (χ4n) is 3.59. The van der Waals surface area contributed by atoms with Crippen molar-refractivity contribution in [3.8, 4) is 33.9 Å². The van der Waals surface area contributed by atoms with Crippen molar-refractivity contribution in [2.45, 2.75) is 34.6 Å². The number of carbonyl (C=O) groups excluding carboxylic acids is 1. The first-order chi connectivity index (χ1) is 15.2. The Bertz CT molecular complexity index is 1110. The van der Waals surface area contributed by atoms with Crippen molar-refractivity contribution in [2.24, 2.45) is 0 Å². The van der Waals surface area contributed by atoms with E-state index in [0.717, 1.165) is 28.3 Å². The molecule has 0 bridgehead atoms. The zero-order chi connectivity index (χ0) is 23.8. The molecule has 5 nitrogen and oxygen atoms in total. The number of nitrogens with zero attached hydrogens (tertiary/aromatic N) is 1. The van der Waals surface area contributed by atoms with Gasteiger partial charge in [0.25, 0.3) is 0 Å². The minimum Gasteiger partial charge on any atom is -0.540 e. The molecular formula is C27H30IrNO4-. The van der Waals surface area contributed by atoms with Crippen molar-refractivity contribution in [3.63, 3.8) is 0 Å². The van der Waals surface area contributed by atoms with E-state index in [1.165, 1.54) is 42.2 Å². The maximum atomic E-state index is 10.0. The number of aromatic nitrogens is 1. The molecule has 0 spiro atoms. The summed E-state index contributed by atoms with van der Waals surface area (Å²) in [6, 6.07) is 15.5. The molecule has 1 N–H and O–H groups in total. The summed E-state index contributed by atoms with van der Waals surface area (Å²) >= 11 is 0. The van der Waals surface area contributed by atoms with Crippen LogP contribution < -0.4 is 9.47 Å². The van der Waals surface area contributed by atoms with Crippen molar-refractivity contribution < 1.29 is 39.5 Å². The zero-order valence-corrected chi connectivity index (χ0v) is 22.5. The summed E-state index contributed by atoms with van der Waals surface area (Å²) in [5, 5.41) is 8.36. The Morgan fingerprint density at radius 3 is 2.15 bits per heavy atom. The van der Waals surface area contributed by atoms with Crippen LogP contribution in [0.4, 0.5) is 0 Å². The maximum absolute atomic E-state index is 10.0. The molecule has 33 heavy (non-hydrogen) atoms. The van der Waals surface area contributed by atoms with E-state index in [1.54, 1.807) is 20.4 Å². The molecule has 1 radical (unpaired) electrons. The van der Waals surface area contributed by atoms with E-state index in [9.17, 15) is 4.79 Å². The number of hydrogen-bond acceptors (Lipinski definition) is 5. The number of rotatable bonds is 5. The van der Waals surface area contributed by atoms with Crippen LogP contribution in [0.25, 0.3) is 22.4 Å². The summed E-state index contributed by atoms with van der Waals surface area (Å²) in [6.07, 6.45) is 2.89. The van der Waals surface area contributed by atoms with Gasteiger partial charge >= 0.3 is 0 Å². The fourth-order valence-corrected chi connectivity index (χ4v) is 3.59. The molecule has 3 aromatic rings. The number of methoxy groups -OCH3 is 2. The quantitative estimate of drug-likeness (QED) is 0.208. The average Bonchev–Trinajstić information content (AvgIpc) is 2.72. The van der Waals surface area contributed by atoms with Gasteiger partial charge in [-0.2, -0.15) is 0 Å². The summed E-state index contributed by atoms with van der Waals surface area (Å²) in [7, 11) is 3.32. The van der Waals surface area contributed by atoms with E-state index in [4.69, 9.17) is 14.6 Å². The third-order valence-corrected chi connectivity index (χ3v) is 4.73. The molecule has 0 amide bonds. The topological polar surface area (TPSA) is 68.7 Å². The molecule has 0 saturated heterocycles. The Hall–Kier alpha value is -2.95. The number of ether oxygens (including phenoxy) is 2. The third-order valence-electron chi connectivity index (χ3n) is 4.73. The molecule has 3 rings (SSSR count). The number of hydrogen-bond donors (Lipinski definition) is 1. The van der Waals surface area contributed by atoms with Crippen LogP contribution in [0.2, 0.25) is 0 Å². The SMILES string of the molecule is CC(=O)/C=C(/C)O.COc1ccnc(-c2[c-]cc(-c3c(C)cc(C)cc3C)cc2OC)c1.[Ir]. The van der Waals surface area contributed by atoms with Gasteiger partial charge in [0.2, 0.25) is 0 Å². The van der Waals surface area contributed by atoms with Crippen LogP contribution in [0.1, 0.15) is 30.5 Å². The smallest absolute Gasteiger partial charge is 0.155 e. The molecule has 2 aromatic carbocycles. The van der Waals surface area contributed by atoms with Gasteiger partial charge in [-0.3, -0.25) is 4.79 Å². The van der Waals surface area contributed by atoms with Crippen molar-refractivity contribution in [2.75, 3.05) is 14.2 Å². The minimum absolute atomic E-state index is 0. The van der Waals surface area contributed by atoms with Crippen molar-refractivity contribution in [1.29, 1.82) is 0 Å². The van der Waals surface area contributed by atoms with Crippen LogP contribution >= 0.6 is 0 Å². The van der Waals surface area contributed by atoms with E-state index in [1.807, 2.05) is 18.2 Å². The van der Waals surface area contributed by atoms with Crippen LogP contribution in [-0.4, -0.2) is 30.1 Å². The van der Waals surface area contributed by atoms with Crippen LogP contribution in [0, 0.1) is 26.8 Å². The van der Waals surface area contributed by atoms with Gasteiger partial charge in [-0.05, 0) is 52.4 Å². The molecule has 0 aliphatic rings. The molecular weight excluding hydrogens is 595 g/mol. The zero-order valence-electron chi connectivity index (χ0n) is 20.1. The second-order valence-corrected chi connectivity index (χ2v) is 7.58. The van der Waals surface area contributed by atoms with E-state index in [-0.39, 0.29) is 31.6 Å². The Balaban J connectivity index is 0.000000595. The first-order valence-electron chi connectivity index (χ1n) is 10.2. The van der Waals surface area contributed by atoms with Crippen LogP contribution in [-0.2, 0) is 24.9 Å². The molecule has 0 fully saturated rings. The van der Waals surface area contributed by atoms with Crippen molar-refractivity contribution in [1.82, 2.24) is 4.98 Å². The summed E-state index contributed by atoms with van der Waals surface area (Å²) in [6.45, 7) is 9.24. The first-order valence-corrected chi connectivity index (χ1v) is 10.2. The van der Waals surface area contributed by atoms with Gasteiger partial charge in [0, 0.05) is 38.1 Å². The van der Waals surface area contributed by atoms with Crippen LogP contribution in [0.3, 0.4) is 0 Å². The van der Waals surface area contributed by atoms with Crippen LogP contribution in [0.5, 0.6) is 11.5 Å². The Labute approximate surface area is 209 Å². The van der Waals surface area contributed by atoms with Crippen molar-refractivity contribution in [3.05, 3.63) is 77.2 Å². The second kappa shape index (κ2) is 12.9. The second-order valence-electron chi connectivity index (χ2n) is 7.58. The van der Waals surface area contributed by atoms with Gasteiger partial charge < -0.3 is 19.6 Å². The summed E-state index contributed by atoms with van der Waals surface area (Å²) < 4.78 is 10.9. The molecule has 0 aliphatic heterocycles. The summed E-state index contributed by atoms with van der Waals surface area (Å²) in [5.41, 5.74) is 7.70. The van der Waals surface area contributed by atoms with Gasteiger partial charge in [0.1, 0.15) is 5.75 Å². The molecule has 0 unspecified atom stereocenters. The Morgan fingerprint density at radius 1 is 1.03 bits per heavy atom. The van der Waals surface area contributed by atoms with Gasteiger partial charge in [0.05, 0.1) is 20.0 Å². The molecule has 1 aromatic heterocycles. The standard InChI is InChI=1S/C22H22NO2.C5H8O2.Ir/c1-14-10-15(2)22(16(3)11-14)17-6-7-19(21(12-17)25-5)20-13-18(24-4)8-9-23-20;1-4(6)3-5(2)7;/h6,8-13H,1-5H3;3,6H,1-2H3;/q-1;;/b;4-3-;. The fraction of sp³-hybridized carbons (Fsp3) is 0.259.